The van der Waals surface area contributed by atoms with Crippen LogP contribution in [0, 0.1) is 20.8 Å². The smallest absolute Gasteiger partial charge is 0.258 e. The van der Waals surface area contributed by atoms with Crippen LogP contribution in [-0.4, -0.2) is 56.0 Å². The molecule has 2 rings (SSSR count). The second kappa shape index (κ2) is 11.4. The molecule has 0 radical (unpaired) electrons. The summed E-state index contributed by atoms with van der Waals surface area (Å²) in [5.41, 5.74) is 4.16. The molecule has 0 fully saturated rings. The number of nitrogens with zero attached hydrogens (tertiary/aromatic N) is 1. The van der Waals surface area contributed by atoms with Crippen molar-refractivity contribution in [1.82, 2.24) is 10.2 Å². The maximum atomic E-state index is 12.9. The Morgan fingerprint density at radius 2 is 1.61 bits per heavy atom. The average Bonchev–Trinajstić information content (AvgIpc) is 2.73. The fourth-order valence-electron chi connectivity index (χ4n) is 3.49. The number of anilines is 1. The predicted molar refractivity (Wildman–Crippen MR) is 128 cm³/mol. The number of likely N-dealkylation sites (N-methyl/N-ethyl adjacent to an activating group) is 1. The number of hydrogen-bond acceptors (Lipinski definition) is 5. The highest BCUT2D eigenvalue weighted by Gasteiger charge is 2.19. The molecule has 0 aliphatic carbocycles. The van der Waals surface area contributed by atoms with E-state index in [9.17, 15) is 14.4 Å². The zero-order chi connectivity index (χ0) is 24.7. The van der Waals surface area contributed by atoms with Gasteiger partial charge in [-0.2, -0.15) is 0 Å². The number of rotatable bonds is 9. The molecular formula is C25H33N3O5. The summed E-state index contributed by atoms with van der Waals surface area (Å²) < 4.78 is 10.8. The monoisotopic (exact) mass is 455 g/mol. The summed E-state index contributed by atoms with van der Waals surface area (Å²) in [7, 11) is 3.01. The van der Waals surface area contributed by atoms with Crippen LogP contribution in [0.3, 0.4) is 0 Å². The molecule has 0 spiro atoms. The second-order valence-corrected chi connectivity index (χ2v) is 8.36. The maximum Gasteiger partial charge on any atom is 0.258 e. The van der Waals surface area contributed by atoms with E-state index in [4.69, 9.17) is 9.47 Å². The van der Waals surface area contributed by atoms with Crippen molar-refractivity contribution >= 4 is 23.4 Å². The Bertz CT molecular complexity index is 1010. The summed E-state index contributed by atoms with van der Waals surface area (Å²) in [6.45, 7) is 9.32. The van der Waals surface area contributed by atoms with Crippen LogP contribution in [-0.2, 0) is 9.59 Å². The van der Waals surface area contributed by atoms with Gasteiger partial charge in [-0.05, 0) is 63.9 Å². The highest BCUT2D eigenvalue weighted by Crippen LogP contribution is 2.28. The first-order valence-electron chi connectivity index (χ1n) is 10.7. The number of ether oxygens (including phenoxy) is 2. The maximum absolute atomic E-state index is 12.9. The molecule has 2 aromatic rings. The topological polar surface area (TPSA) is 97.0 Å². The van der Waals surface area contributed by atoms with E-state index >= 15 is 0 Å². The third-order valence-electron chi connectivity index (χ3n) is 4.89. The van der Waals surface area contributed by atoms with E-state index in [-0.39, 0.29) is 36.9 Å². The fourth-order valence-corrected chi connectivity index (χ4v) is 3.49. The fraction of sp³-hybridized carbons (Fsp3) is 0.400. The molecule has 0 heterocycles. The van der Waals surface area contributed by atoms with Gasteiger partial charge in [0.15, 0.2) is 18.1 Å². The Morgan fingerprint density at radius 3 is 2.18 bits per heavy atom. The van der Waals surface area contributed by atoms with Gasteiger partial charge in [-0.25, -0.2) is 0 Å². The van der Waals surface area contributed by atoms with E-state index < -0.39 is 0 Å². The predicted octanol–water partition coefficient (Wildman–Crippen LogP) is 3.23. The highest BCUT2D eigenvalue weighted by molar-refractivity contribution is 6.00. The van der Waals surface area contributed by atoms with E-state index in [1.165, 1.54) is 18.1 Å². The van der Waals surface area contributed by atoms with Gasteiger partial charge in [-0.1, -0.05) is 17.7 Å². The number of nitrogens with one attached hydrogen (secondary N) is 2. The first kappa shape index (κ1) is 25.7. The van der Waals surface area contributed by atoms with Gasteiger partial charge < -0.3 is 25.0 Å². The van der Waals surface area contributed by atoms with E-state index in [1.807, 2.05) is 46.8 Å². The lowest BCUT2D eigenvalue weighted by Crippen LogP contribution is -2.35. The van der Waals surface area contributed by atoms with E-state index in [0.29, 0.717) is 17.1 Å². The summed E-state index contributed by atoms with van der Waals surface area (Å²) in [5.74, 6) is -0.216. The average molecular weight is 456 g/mol. The third-order valence-corrected chi connectivity index (χ3v) is 4.89. The van der Waals surface area contributed by atoms with Crippen molar-refractivity contribution in [3.8, 4) is 11.5 Å². The van der Waals surface area contributed by atoms with Crippen molar-refractivity contribution in [1.29, 1.82) is 0 Å². The minimum Gasteiger partial charge on any atom is -0.493 e. The highest BCUT2D eigenvalue weighted by atomic mass is 16.5. The van der Waals surface area contributed by atoms with Crippen molar-refractivity contribution < 1.29 is 23.9 Å². The first-order valence-corrected chi connectivity index (χ1v) is 10.7. The zero-order valence-corrected chi connectivity index (χ0v) is 20.4. The molecule has 0 aliphatic rings. The molecule has 8 heteroatoms. The minimum absolute atomic E-state index is 0.00886. The van der Waals surface area contributed by atoms with Crippen LogP contribution < -0.4 is 20.1 Å². The summed E-state index contributed by atoms with van der Waals surface area (Å²) >= 11 is 0. The second-order valence-electron chi connectivity index (χ2n) is 8.36. The lowest BCUT2D eigenvalue weighted by Gasteiger charge is -2.19. The first-order chi connectivity index (χ1) is 15.5. The van der Waals surface area contributed by atoms with E-state index in [0.717, 1.165) is 22.4 Å². The molecule has 0 bridgehead atoms. The van der Waals surface area contributed by atoms with Crippen molar-refractivity contribution in [2.75, 3.05) is 32.6 Å². The van der Waals surface area contributed by atoms with Gasteiger partial charge in [0.2, 0.25) is 5.91 Å². The van der Waals surface area contributed by atoms with Crippen LogP contribution in [0.2, 0.25) is 0 Å². The number of carbonyl (C=O) groups is 3. The van der Waals surface area contributed by atoms with Crippen LogP contribution in [0.1, 0.15) is 40.9 Å². The van der Waals surface area contributed by atoms with Gasteiger partial charge in [0.1, 0.15) is 0 Å². The molecule has 0 saturated heterocycles. The Hall–Kier alpha value is -3.55. The normalized spacial score (nSPS) is 10.5. The van der Waals surface area contributed by atoms with Gasteiger partial charge in [0.05, 0.1) is 13.7 Å². The lowest BCUT2D eigenvalue weighted by molar-refractivity contribution is -0.123. The van der Waals surface area contributed by atoms with Crippen molar-refractivity contribution in [3.05, 3.63) is 52.6 Å². The Kier molecular flexibility index (Phi) is 8.85. The SMILES string of the molecule is COc1cc(C(=O)N(C)CC(=O)Nc2c(C)cc(C)cc2C)ccc1OCC(=O)NC(C)C. The molecule has 2 N–H and O–H groups in total. The summed E-state index contributed by atoms with van der Waals surface area (Å²) in [4.78, 5) is 38.6. The van der Waals surface area contributed by atoms with Gasteiger partial charge >= 0.3 is 0 Å². The van der Waals surface area contributed by atoms with Gasteiger partial charge in [0.25, 0.3) is 11.8 Å². The number of hydrogen-bond donors (Lipinski definition) is 2. The number of methoxy groups -OCH3 is 1. The Balaban J connectivity index is 2.04. The summed E-state index contributed by atoms with van der Waals surface area (Å²) in [5, 5.41) is 5.64. The Morgan fingerprint density at radius 1 is 0.970 bits per heavy atom. The summed E-state index contributed by atoms with van der Waals surface area (Å²) in [6, 6.07) is 8.68. The number of carbonyl (C=O) groups excluding carboxylic acids is 3. The molecule has 0 aliphatic heterocycles. The number of aryl methyl sites for hydroxylation is 3. The lowest BCUT2D eigenvalue weighted by atomic mass is 10.1. The summed E-state index contributed by atoms with van der Waals surface area (Å²) in [6.07, 6.45) is 0. The number of amides is 3. The van der Waals surface area contributed by atoms with E-state index in [2.05, 4.69) is 10.6 Å². The molecule has 0 atom stereocenters. The molecule has 0 saturated carbocycles. The molecule has 0 aromatic heterocycles. The van der Waals surface area contributed by atoms with Crippen LogP contribution in [0.4, 0.5) is 5.69 Å². The largest absolute Gasteiger partial charge is 0.493 e. The van der Waals surface area contributed by atoms with Crippen molar-refractivity contribution in [2.24, 2.45) is 0 Å². The van der Waals surface area contributed by atoms with Crippen LogP contribution in [0.15, 0.2) is 30.3 Å². The van der Waals surface area contributed by atoms with Gasteiger partial charge in [-0.3, -0.25) is 14.4 Å². The Labute approximate surface area is 195 Å². The molecule has 0 unspecified atom stereocenters. The van der Waals surface area contributed by atoms with Crippen molar-refractivity contribution in [3.63, 3.8) is 0 Å². The molecule has 33 heavy (non-hydrogen) atoms. The number of benzene rings is 2. The standard InChI is InChI=1S/C25H33N3O5/c1-15(2)26-23(30)14-33-20-9-8-19(12-21(20)32-7)25(31)28(6)13-22(29)27-24-17(4)10-16(3)11-18(24)5/h8-12,15H,13-14H2,1-7H3,(H,26,30)(H,27,29). The molecule has 178 valence electrons. The molecular weight excluding hydrogens is 422 g/mol. The van der Waals surface area contributed by atoms with Crippen LogP contribution >= 0.6 is 0 Å². The molecule has 3 amide bonds. The minimum atomic E-state index is -0.343. The van der Waals surface area contributed by atoms with E-state index in [1.54, 1.807) is 19.2 Å². The van der Waals surface area contributed by atoms with Gasteiger partial charge in [-0.15, -0.1) is 0 Å². The third kappa shape index (κ3) is 7.24. The molecule has 2 aromatic carbocycles. The quantitative estimate of drug-likeness (QED) is 0.605. The van der Waals surface area contributed by atoms with Crippen molar-refractivity contribution in [2.45, 2.75) is 40.7 Å². The van der Waals surface area contributed by atoms with Crippen LogP contribution in [0.5, 0.6) is 11.5 Å². The molecule has 8 nitrogen and oxygen atoms in total. The van der Waals surface area contributed by atoms with Gasteiger partial charge in [0, 0.05) is 24.3 Å². The van der Waals surface area contributed by atoms with Crippen LogP contribution in [0.25, 0.3) is 0 Å². The zero-order valence-electron chi connectivity index (χ0n) is 20.4.